The van der Waals surface area contributed by atoms with Gasteiger partial charge in [0.2, 0.25) is 5.91 Å². The van der Waals surface area contributed by atoms with Gasteiger partial charge in [0.15, 0.2) is 0 Å². The Labute approximate surface area is 168 Å². The first-order valence-corrected chi connectivity index (χ1v) is 10.5. The molecule has 138 valence electrons. The van der Waals surface area contributed by atoms with Crippen molar-refractivity contribution < 1.29 is 4.79 Å². The maximum atomic E-state index is 12.8. The maximum absolute atomic E-state index is 12.8. The van der Waals surface area contributed by atoms with E-state index in [1.807, 2.05) is 24.3 Å². The molecular weight excluding hydrogens is 378 g/mol. The molecule has 4 nitrogen and oxygen atoms in total. The summed E-state index contributed by atoms with van der Waals surface area (Å²) in [7, 11) is 0. The van der Waals surface area contributed by atoms with Gasteiger partial charge in [-0.2, -0.15) is 0 Å². The summed E-state index contributed by atoms with van der Waals surface area (Å²) in [5.41, 5.74) is 4.85. The summed E-state index contributed by atoms with van der Waals surface area (Å²) >= 11 is 7.99. The van der Waals surface area contributed by atoms with Gasteiger partial charge in [0.25, 0.3) is 0 Å². The van der Waals surface area contributed by atoms with Crippen molar-refractivity contribution in [3.8, 4) is 0 Å². The molecule has 3 unspecified atom stereocenters. The first-order valence-electron chi connectivity index (χ1n) is 9.18. The number of fused-ring (bicyclic) bond motifs is 2. The molecule has 2 N–H and O–H groups in total. The number of carbonyl (C=O) groups excluding carboxylic acids is 1. The van der Waals surface area contributed by atoms with Crippen molar-refractivity contribution in [2.45, 2.75) is 30.5 Å². The van der Waals surface area contributed by atoms with Crippen LogP contribution in [0.2, 0.25) is 5.02 Å². The zero-order valence-corrected chi connectivity index (χ0v) is 16.3. The van der Waals surface area contributed by atoms with Gasteiger partial charge >= 0.3 is 0 Å². The van der Waals surface area contributed by atoms with Crippen LogP contribution in [0.15, 0.2) is 53.9 Å². The molecular formula is C21H20ClN3OS. The van der Waals surface area contributed by atoms with Crippen LogP contribution in [0.3, 0.4) is 0 Å². The van der Waals surface area contributed by atoms with E-state index in [9.17, 15) is 4.79 Å². The van der Waals surface area contributed by atoms with Crippen LogP contribution >= 0.6 is 23.4 Å². The monoisotopic (exact) mass is 397 g/mol. The molecule has 27 heavy (non-hydrogen) atoms. The van der Waals surface area contributed by atoms with Crippen LogP contribution in [-0.4, -0.2) is 34.9 Å². The van der Waals surface area contributed by atoms with Gasteiger partial charge in [-0.15, -0.1) is 11.8 Å². The van der Waals surface area contributed by atoms with Crippen molar-refractivity contribution >= 4 is 34.8 Å². The summed E-state index contributed by atoms with van der Waals surface area (Å²) < 4.78 is 0. The van der Waals surface area contributed by atoms with Gasteiger partial charge in [-0.25, -0.2) is 0 Å². The van der Waals surface area contributed by atoms with Crippen molar-refractivity contribution in [1.29, 1.82) is 0 Å². The standard InChI is InChI=1S/C21H20ClN3OS/c22-17-8-4-3-7-15(17)16-12-27-19-18(16)23-21(24-20(19)26)25-10-9-13-5-1-2-6-14(13)11-25/h1-8,12,18-19,21,23H,9-11H2,(H,24,26). The van der Waals surface area contributed by atoms with Gasteiger partial charge < -0.3 is 5.32 Å². The molecule has 0 spiro atoms. The summed E-state index contributed by atoms with van der Waals surface area (Å²) in [5.74, 6) is 0.0888. The highest BCUT2D eigenvalue weighted by molar-refractivity contribution is 8.04. The summed E-state index contributed by atoms with van der Waals surface area (Å²) in [6, 6.07) is 16.4. The van der Waals surface area contributed by atoms with Gasteiger partial charge in [0.05, 0.1) is 6.04 Å². The number of nitrogens with one attached hydrogen (secondary N) is 2. The van der Waals surface area contributed by atoms with E-state index >= 15 is 0 Å². The molecule has 2 aromatic carbocycles. The molecule has 3 atom stereocenters. The second-order valence-corrected chi connectivity index (χ2v) is 8.58. The highest BCUT2D eigenvalue weighted by Crippen LogP contribution is 2.40. The third kappa shape index (κ3) is 3.09. The van der Waals surface area contributed by atoms with Crippen molar-refractivity contribution in [2.75, 3.05) is 6.54 Å². The second-order valence-electron chi connectivity index (χ2n) is 7.15. The minimum atomic E-state index is -0.170. The highest BCUT2D eigenvalue weighted by atomic mass is 35.5. The quantitative estimate of drug-likeness (QED) is 0.816. The fourth-order valence-corrected chi connectivity index (χ4v) is 5.53. The van der Waals surface area contributed by atoms with E-state index in [-0.39, 0.29) is 23.5 Å². The molecule has 5 rings (SSSR count). The first kappa shape index (κ1) is 17.3. The van der Waals surface area contributed by atoms with Gasteiger partial charge in [0.1, 0.15) is 11.5 Å². The Morgan fingerprint density at radius 3 is 2.70 bits per heavy atom. The average Bonchev–Trinajstić information content (AvgIpc) is 3.12. The molecule has 1 amide bonds. The fourth-order valence-electron chi connectivity index (χ4n) is 4.14. The van der Waals surface area contributed by atoms with E-state index in [0.717, 1.165) is 35.7 Å². The molecule has 0 aliphatic carbocycles. The number of nitrogens with zero attached hydrogens (tertiary/aromatic N) is 1. The third-order valence-electron chi connectivity index (χ3n) is 5.56. The summed E-state index contributed by atoms with van der Waals surface area (Å²) in [5, 5.41) is 9.49. The van der Waals surface area contributed by atoms with E-state index in [0.29, 0.717) is 0 Å². The number of halogens is 1. The lowest BCUT2D eigenvalue weighted by molar-refractivity contribution is -0.125. The summed E-state index contributed by atoms with van der Waals surface area (Å²) in [6.45, 7) is 1.76. The number of amides is 1. The Kier molecular flexibility index (Phi) is 4.48. The minimum absolute atomic E-state index is 0.0363. The normalized spacial score (nSPS) is 27.5. The molecule has 0 bridgehead atoms. The third-order valence-corrected chi connectivity index (χ3v) is 7.06. The highest BCUT2D eigenvalue weighted by Gasteiger charge is 2.44. The van der Waals surface area contributed by atoms with E-state index < -0.39 is 0 Å². The van der Waals surface area contributed by atoms with E-state index in [1.165, 1.54) is 11.1 Å². The summed E-state index contributed by atoms with van der Waals surface area (Å²) in [4.78, 5) is 15.1. The van der Waals surface area contributed by atoms with Crippen LogP contribution in [-0.2, 0) is 17.8 Å². The largest absolute Gasteiger partial charge is 0.327 e. The lowest BCUT2D eigenvalue weighted by atomic mass is 9.95. The zero-order chi connectivity index (χ0) is 18.4. The molecule has 1 fully saturated rings. The van der Waals surface area contributed by atoms with Crippen LogP contribution in [0, 0.1) is 0 Å². The Bertz CT molecular complexity index is 931. The SMILES string of the molecule is O=C1NC(N2CCc3ccccc3C2)NC2C(c3ccccc3Cl)=CSC12. The van der Waals surface area contributed by atoms with Gasteiger partial charge in [-0.05, 0) is 40.2 Å². The van der Waals surface area contributed by atoms with Crippen LogP contribution in [0.25, 0.3) is 5.57 Å². The molecule has 3 heterocycles. The average molecular weight is 398 g/mol. The van der Waals surface area contributed by atoms with Gasteiger partial charge in [0, 0.05) is 18.1 Å². The number of rotatable bonds is 2. The smallest absolute Gasteiger partial charge is 0.237 e. The van der Waals surface area contributed by atoms with Gasteiger partial charge in [-0.3, -0.25) is 15.0 Å². The minimum Gasteiger partial charge on any atom is -0.327 e. The van der Waals surface area contributed by atoms with Crippen molar-refractivity contribution in [3.05, 3.63) is 75.7 Å². The second kappa shape index (κ2) is 6.99. The van der Waals surface area contributed by atoms with Crippen molar-refractivity contribution in [3.63, 3.8) is 0 Å². The van der Waals surface area contributed by atoms with Crippen molar-refractivity contribution in [2.24, 2.45) is 0 Å². The van der Waals surface area contributed by atoms with Crippen LogP contribution < -0.4 is 10.6 Å². The molecule has 3 aliphatic heterocycles. The number of benzene rings is 2. The van der Waals surface area contributed by atoms with Crippen LogP contribution in [0.4, 0.5) is 0 Å². The predicted molar refractivity (Wildman–Crippen MR) is 110 cm³/mol. The first-order chi connectivity index (χ1) is 13.2. The van der Waals surface area contributed by atoms with Crippen molar-refractivity contribution in [1.82, 2.24) is 15.5 Å². The van der Waals surface area contributed by atoms with E-state index in [1.54, 1.807) is 11.8 Å². The van der Waals surface area contributed by atoms with E-state index in [4.69, 9.17) is 11.6 Å². The Morgan fingerprint density at radius 2 is 1.85 bits per heavy atom. The molecule has 3 aliphatic rings. The number of hydrogen-bond acceptors (Lipinski definition) is 4. The van der Waals surface area contributed by atoms with Gasteiger partial charge in [-0.1, -0.05) is 54.1 Å². The Hall–Kier alpha value is -1.79. The Balaban J connectivity index is 1.39. The molecule has 6 heteroatoms. The molecule has 0 saturated carbocycles. The molecule has 0 radical (unpaired) electrons. The Morgan fingerprint density at radius 1 is 1.07 bits per heavy atom. The van der Waals surface area contributed by atoms with Crippen LogP contribution in [0.1, 0.15) is 16.7 Å². The lowest BCUT2D eigenvalue weighted by Gasteiger charge is -2.42. The molecule has 2 aromatic rings. The zero-order valence-electron chi connectivity index (χ0n) is 14.7. The molecule has 1 saturated heterocycles. The van der Waals surface area contributed by atoms with Crippen LogP contribution in [0.5, 0.6) is 0 Å². The maximum Gasteiger partial charge on any atom is 0.237 e. The lowest BCUT2D eigenvalue weighted by Crippen LogP contribution is -2.68. The number of hydrogen-bond donors (Lipinski definition) is 2. The van der Waals surface area contributed by atoms with E-state index in [2.05, 4.69) is 45.2 Å². The predicted octanol–water partition coefficient (Wildman–Crippen LogP) is 3.23. The topological polar surface area (TPSA) is 44.4 Å². The summed E-state index contributed by atoms with van der Waals surface area (Å²) in [6.07, 6.45) is 0.831. The number of thioether (sulfide) groups is 1. The number of carbonyl (C=O) groups is 1. The fraction of sp³-hybridized carbons (Fsp3) is 0.286. The molecule has 0 aromatic heterocycles.